The van der Waals surface area contributed by atoms with Crippen LogP contribution in [0.5, 0.6) is 5.75 Å². The molecule has 0 aliphatic carbocycles. The van der Waals surface area contributed by atoms with Gasteiger partial charge in [0.05, 0.1) is 13.7 Å². The van der Waals surface area contributed by atoms with E-state index in [0.717, 1.165) is 28.3 Å². The Bertz CT molecular complexity index is 1130. The normalized spacial score (nSPS) is 16.2. The highest BCUT2D eigenvalue weighted by Crippen LogP contribution is 2.36. The van der Waals surface area contributed by atoms with Gasteiger partial charge in [0.2, 0.25) is 0 Å². The Kier molecular flexibility index (Phi) is 6.14. The van der Waals surface area contributed by atoms with Gasteiger partial charge in [-0.2, -0.15) is 0 Å². The second-order valence-corrected chi connectivity index (χ2v) is 10.0. The molecule has 0 radical (unpaired) electrons. The standard InChI is InChI=1S/C25H31N3O3S/c1-16-12-20-21-13-18(30-5)8-11-22(21)28(14-17-6-9-19(32-26)10-7-17)23(20)15-27(16)24(29)31-25(2,3)4/h6-11,13,16H,12,14-15,26H2,1-5H3. The first-order valence-corrected chi connectivity index (χ1v) is 11.7. The van der Waals surface area contributed by atoms with Crippen molar-refractivity contribution in [1.82, 2.24) is 9.47 Å². The zero-order chi connectivity index (χ0) is 23.0. The van der Waals surface area contributed by atoms with E-state index < -0.39 is 5.60 Å². The third-order valence-electron chi connectivity index (χ3n) is 5.87. The number of aromatic nitrogens is 1. The molecule has 4 rings (SSSR count). The summed E-state index contributed by atoms with van der Waals surface area (Å²) in [5, 5.41) is 6.86. The van der Waals surface area contributed by atoms with E-state index in [1.807, 2.05) is 43.9 Å². The van der Waals surface area contributed by atoms with Gasteiger partial charge >= 0.3 is 6.09 Å². The molecule has 32 heavy (non-hydrogen) atoms. The Morgan fingerprint density at radius 1 is 1.19 bits per heavy atom. The minimum absolute atomic E-state index is 0.0449. The number of amides is 1. The highest BCUT2D eigenvalue weighted by atomic mass is 32.2. The molecule has 1 amide bonds. The number of carbonyl (C=O) groups excluding carboxylic acids is 1. The van der Waals surface area contributed by atoms with Crippen LogP contribution in [0.4, 0.5) is 4.79 Å². The smallest absolute Gasteiger partial charge is 0.410 e. The molecule has 2 N–H and O–H groups in total. The fraction of sp³-hybridized carbons (Fsp3) is 0.400. The topological polar surface area (TPSA) is 69.7 Å². The SMILES string of the molecule is COc1ccc2c(c1)c1c(n2Cc2ccc(SN)cc2)CN(C(=O)OC(C)(C)C)C(C)C1. The molecule has 6 nitrogen and oxygen atoms in total. The summed E-state index contributed by atoms with van der Waals surface area (Å²) in [5.74, 6) is 0.837. The molecule has 1 unspecified atom stereocenters. The first-order valence-electron chi connectivity index (χ1n) is 10.8. The van der Waals surface area contributed by atoms with Crippen LogP contribution in [0.25, 0.3) is 10.9 Å². The van der Waals surface area contributed by atoms with Gasteiger partial charge in [-0.1, -0.05) is 12.1 Å². The Balaban J connectivity index is 1.77. The summed E-state index contributed by atoms with van der Waals surface area (Å²) in [6, 6.07) is 14.5. The number of carbonyl (C=O) groups is 1. The van der Waals surface area contributed by atoms with E-state index in [-0.39, 0.29) is 12.1 Å². The van der Waals surface area contributed by atoms with E-state index >= 15 is 0 Å². The summed E-state index contributed by atoms with van der Waals surface area (Å²) in [6.07, 6.45) is 0.503. The monoisotopic (exact) mass is 453 g/mol. The van der Waals surface area contributed by atoms with E-state index in [9.17, 15) is 4.79 Å². The third kappa shape index (κ3) is 4.45. The Morgan fingerprint density at radius 2 is 1.91 bits per heavy atom. The lowest BCUT2D eigenvalue weighted by Gasteiger charge is -2.35. The first kappa shape index (κ1) is 22.6. The maximum Gasteiger partial charge on any atom is 0.410 e. The van der Waals surface area contributed by atoms with Crippen molar-refractivity contribution >= 4 is 28.9 Å². The minimum Gasteiger partial charge on any atom is -0.497 e. The molecular weight excluding hydrogens is 422 g/mol. The van der Waals surface area contributed by atoms with Gasteiger partial charge in [0.1, 0.15) is 11.4 Å². The number of benzene rings is 2. The molecule has 7 heteroatoms. The summed E-state index contributed by atoms with van der Waals surface area (Å²) in [6.45, 7) is 9.01. The third-order valence-corrected chi connectivity index (χ3v) is 6.42. The van der Waals surface area contributed by atoms with Crippen molar-refractivity contribution in [2.45, 2.75) is 63.7 Å². The summed E-state index contributed by atoms with van der Waals surface area (Å²) < 4.78 is 13.5. The van der Waals surface area contributed by atoms with E-state index in [1.165, 1.54) is 28.5 Å². The fourth-order valence-corrected chi connectivity index (χ4v) is 4.61. The van der Waals surface area contributed by atoms with Gasteiger partial charge in [-0.3, -0.25) is 10.0 Å². The largest absolute Gasteiger partial charge is 0.497 e. The molecule has 3 aromatic rings. The maximum atomic E-state index is 13.0. The molecule has 1 aromatic heterocycles. The van der Waals surface area contributed by atoms with Crippen LogP contribution in [0, 0.1) is 0 Å². The van der Waals surface area contributed by atoms with Gasteiger partial charge in [0, 0.05) is 34.1 Å². The molecule has 1 atom stereocenters. The summed E-state index contributed by atoms with van der Waals surface area (Å²) in [4.78, 5) is 15.8. The number of fused-ring (bicyclic) bond motifs is 3. The fourth-order valence-electron chi connectivity index (χ4n) is 4.32. The van der Waals surface area contributed by atoms with Crippen LogP contribution in [0.15, 0.2) is 47.4 Å². The van der Waals surface area contributed by atoms with Crippen LogP contribution in [-0.2, 0) is 24.2 Å². The van der Waals surface area contributed by atoms with Gasteiger partial charge in [0.15, 0.2) is 0 Å². The van der Waals surface area contributed by atoms with Crippen molar-refractivity contribution in [3.8, 4) is 5.75 Å². The van der Waals surface area contributed by atoms with Crippen molar-refractivity contribution in [1.29, 1.82) is 0 Å². The van der Waals surface area contributed by atoms with Gasteiger partial charge in [-0.15, -0.1) is 0 Å². The first-order chi connectivity index (χ1) is 15.2. The van der Waals surface area contributed by atoms with Gasteiger partial charge in [0.25, 0.3) is 0 Å². The number of ether oxygens (including phenoxy) is 2. The summed E-state index contributed by atoms with van der Waals surface area (Å²) >= 11 is 1.24. The highest BCUT2D eigenvalue weighted by molar-refractivity contribution is 7.97. The van der Waals surface area contributed by atoms with Crippen LogP contribution in [0.2, 0.25) is 0 Å². The Morgan fingerprint density at radius 3 is 2.53 bits per heavy atom. The second kappa shape index (κ2) is 8.71. The van der Waals surface area contributed by atoms with Crippen LogP contribution in [0.3, 0.4) is 0 Å². The Labute approximate surface area is 193 Å². The number of rotatable bonds is 4. The predicted octanol–water partition coefficient (Wildman–Crippen LogP) is 5.35. The number of methoxy groups -OCH3 is 1. The van der Waals surface area contributed by atoms with Crippen LogP contribution >= 0.6 is 11.9 Å². The van der Waals surface area contributed by atoms with Crippen LogP contribution < -0.4 is 9.88 Å². The van der Waals surface area contributed by atoms with E-state index in [1.54, 1.807) is 7.11 Å². The van der Waals surface area contributed by atoms with Crippen molar-refractivity contribution < 1.29 is 14.3 Å². The number of nitrogens with two attached hydrogens (primary N) is 1. The molecule has 1 aliphatic rings. The zero-order valence-corrected chi connectivity index (χ0v) is 20.2. The molecular formula is C25H31N3O3S. The van der Waals surface area contributed by atoms with Crippen molar-refractivity contribution in [2.75, 3.05) is 7.11 Å². The number of hydrogen-bond acceptors (Lipinski definition) is 5. The molecule has 0 fully saturated rings. The summed E-state index contributed by atoms with van der Waals surface area (Å²) in [5.41, 5.74) is 4.22. The molecule has 170 valence electrons. The lowest BCUT2D eigenvalue weighted by atomic mass is 9.98. The number of nitrogens with zero attached hydrogens (tertiary/aromatic N) is 2. The van der Waals surface area contributed by atoms with E-state index in [0.29, 0.717) is 13.1 Å². The van der Waals surface area contributed by atoms with Gasteiger partial charge in [-0.25, -0.2) is 4.79 Å². The molecule has 2 heterocycles. The van der Waals surface area contributed by atoms with Crippen LogP contribution in [-0.4, -0.2) is 34.3 Å². The van der Waals surface area contributed by atoms with Crippen LogP contribution in [0.1, 0.15) is 44.5 Å². The highest BCUT2D eigenvalue weighted by Gasteiger charge is 2.34. The van der Waals surface area contributed by atoms with Crippen molar-refractivity contribution in [2.24, 2.45) is 5.14 Å². The molecule has 0 saturated carbocycles. The second-order valence-electron chi connectivity index (χ2n) is 9.32. The predicted molar refractivity (Wildman–Crippen MR) is 129 cm³/mol. The van der Waals surface area contributed by atoms with E-state index in [2.05, 4.69) is 35.8 Å². The molecule has 0 saturated heterocycles. The zero-order valence-electron chi connectivity index (χ0n) is 19.3. The molecule has 2 aromatic carbocycles. The molecule has 0 spiro atoms. The quantitative estimate of drug-likeness (QED) is 0.540. The average Bonchev–Trinajstić information content (AvgIpc) is 3.04. The minimum atomic E-state index is -0.528. The Hall–Kier alpha value is -2.64. The van der Waals surface area contributed by atoms with Crippen molar-refractivity contribution in [3.05, 3.63) is 59.3 Å². The number of hydrogen-bond donors (Lipinski definition) is 1. The lowest BCUT2D eigenvalue weighted by Crippen LogP contribution is -2.45. The van der Waals surface area contributed by atoms with Crippen molar-refractivity contribution in [3.63, 3.8) is 0 Å². The van der Waals surface area contributed by atoms with E-state index in [4.69, 9.17) is 14.6 Å². The van der Waals surface area contributed by atoms with Gasteiger partial charge in [-0.05, 0) is 87.5 Å². The molecule has 0 bridgehead atoms. The molecule has 1 aliphatic heterocycles. The van der Waals surface area contributed by atoms with Gasteiger partial charge < -0.3 is 14.0 Å². The average molecular weight is 454 g/mol. The lowest BCUT2D eigenvalue weighted by molar-refractivity contribution is 0.0133. The summed E-state index contributed by atoms with van der Waals surface area (Å²) in [7, 11) is 1.69. The maximum absolute atomic E-state index is 13.0.